The molecule has 2 heterocycles. The number of ether oxygens (including phenoxy) is 2. The van der Waals surface area contributed by atoms with Gasteiger partial charge < -0.3 is 9.47 Å². The Bertz CT molecular complexity index is 682. The van der Waals surface area contributed by atoms with Crippen LogP contribution in [0.4, 0.5) is 0 Å². The molecular weight excluding hydrogens is 262 g/mol. The van der Waals surface area contributed by atoms with Crippen molar-refractivity contribution >= 4 is 12.2 Å². The van der Waals surface area contributed by atoms with Crippen LogP contribution in [0.15, 0.2) is 18.2 Å². The number of nitrogens with zero attached hydrogens (tertiary/aromatic N) is 2. The number of hydrogen-bond donors (Lipinski definition) is 1. The Balaban J connectivity index is 2.16. The zero-order valence-corrected chi connectivity index (χ0v) is 11.9. The number of rotatable bonds is 1. The van der Waals surface area contributed by atoms with Crippen LogP contribution in [0, 0.1) is 4.77 Å². The summed E-state index contributed by atoms with van der Waals surface area (Å²) >= 11 is 5.31. The fraction of sp³-hybridized carbons (Fsp3) is 0.385. The van der Waals surface area contributed by atoms with Gasteiger partial charge >= 0.3 is 0 Å². The molecule has 1 aromatic heterocycles. The van der Waals surface area contributed by atoms with Crippen LogP contribution in [0.2, 0.25) is 0 Å². The molecule has 0 atom stereocenters. The number of fused-ring (bicyclic) bond motifs is 1. The maximum Gasteiger partial charge on any atom is 0.231 e. The van der Waals surface area contributed by atoms with E-state index in [0.29, 0.717) is 4.77 Å². The molecule has 0 radical (unpaired) electrons. The van der Waals surface area contributed by atoms with Gasteiger partial charge in [0.1, 0.15) is 0 Å². The third kappa shape index (κ3) is 2.02. The average molecular weight is 277 g/mol. The molecular formula is C13H15N3O2S. The van der Waals surface area contributed by atoms with Crippen molar-refractivity contribution in [1.82, 2.24) is 14.8 Å². The first-order chi connectivity index (χ1) is 8.97. The number of aromatic amines is 1. The molecule has 0 amide bonds. The monoisotopic (exact) mass is 277 g/mol. The van der Waals surface area contributed by atoms with Crippen molar-refractivity contribution in [2.24, 2.45) is 0 Å². The summed E-state index contributed by atoms with van der Waals surface area (Å²) in [6, 6.07) is 5.78. The Labute approximate surface area is 116 Å². The van der Waals surface area contributed by atoms with Crippen molar-refractivity contribution in [3.8, 4) is 22.9 Å². The lowest BCUT2D eigenvalue weighted by atomic mass is 10.1. The topological polar surface area (TPSA) is 52.1 Å². The van der Waals surface area contributed by atoms with E-state index in [0.717, 1.165) is 22.9 Å². The second kappa shape index (κ2) is 4.09. The van der Waals surface area contributed by atoms with E-state index < -0.39 is 0 Å². The summed E-state index contributed by atoms with van der Waals surface area (Å²) in [6.07, 6.45) is 0. The SMILES string of the molecule is CC(C)(C)n1c(-c2ccc3c(c2)OCO3)n[nH]c1=S. The summed E-state index contributed by atoms with van der Waals surface area (Å²) in [6.45, 7) is 6.54. The maximum absolute atomic E-state index is 5.40. The first kappa shape index (κ1) is 12.2. The van der Waals surface area contributed by atoms with Crippen molar-refractivity contribution in [3.63, 3.8) is 0 Å². The lowest BCUT2D eigenvalue weighted by molar-refractivity contribution is 0.174. The Hall–Kier alpha value is -1.82. The lowest BCUT2D eigenvalue weighted by Gasteiger charge is -2.22. The molecule has 100 valence electrons. The van der Waals surface area contributed by atoms with E-state index in [2.05, 4.69) is 31.0 Å². The molecule has 1 N–H and O–H groups in total. The fourth-order valence-electron chi connectivity index (χ4n) is 2.15. The standard InChI is InChI=1S/C13H15N3O2S/c1-13(2,3)16-11(14-15-12(16)19)8-4-5-9-10(6-8)18-7-17-9/h4-6H,7H2,1-3H3,(H,15,19). The summed E-state index contributed by atoms with van der Waals surface area (Å²) in [7, 11) is 0. The zero-order valence-electron chi connectivity index (χ0n) is 11.1. The second-order valence-corrected chi connectivity index (χ2v) is 5.81. The molecule has 0 bridgehead atoms. The van der Waals surface area contributed by atoms with Crippen LogP contribution in [0.1, 0.15) is 20.8 Å². The highest BCUT2D eigenvalue weighted by Crippen LogP contribution is 2.36. The highest BCUT2D eigenvalue weighted by molar-refractivity contribution is 7.71. The van der Waals surface area contributed by atoms with Crippen LogP contribution >= 0.6 is 12.2 Å². The van der Waals surface area contributed by atoms with Gasteiger partial charge in [0, 0.05) is 11.1 Å². The Morgan fingerprint density at radius 3 is 2.74 bits per heavy atom. The molecule has 0 aliphatic carbocycles. The smallest absolute Gasteiger partial charge is 0.231 e. The minimum atomic E-state index is -0.143. The van der Waals surface area contributed by atoms with Crippen LogP contribution < -0.4 is 9.47 Å². The first-order valence-electron chi connectivity index (χ1n) is 6.05. The number of benzene rings is 1. The highest BCUT2D eigenvalue weighted by Gasteiger charge is 2.22. The van der Waals surface area contributed by atoms with Gasteiger partial charge in [0.2, 0.25) is 6.79 Å². The molecule has 1 aliphatic heterocycles. The second-order valence-electron chi connectivity index (χ2n) is 5.43. The van der Waals surface area contributed by atoms with E-state index in [1.807, 2.05) is 22.8 Å². The highest BCUT2D eigenvalue weighted by atomic mass is 32.1. The van der Waals surface area contributed by atoms with Crippen LogP contribution in [-0.2, 0) is 5.54 Å². The van der Waals surface area contributed by atoms with Gasteiger partial charge in [-0.3, -0.25) is 9.67 Å². The summed E-state index contributed by atoms with van der Waals surface area (Å²) in [5, 5.41) is 7.18. The fourth-order valence-corrected chi connectivity index (χ4v) is 2.55. The Morgan fingerprint density at radius 2 is 2.00 bits per heavy atom. The zero-order chi connectivity index (χ0) is 13.6. The summed E-state index contributed by atoms with van der Waals surface area (Å²) in [5.41, 5.74) is 0.807. The number of hydrogen-bond acceptors (Lipinski definition) is 4. The van der Waals surface area contributed by atoms with Gasteiger partial charge in [-0.15, -0.1) is 0 Å². The van der Waals surface area contributed by atoms with E-state index in [4.69, 9.17) is 21.7 Å². The van der Waals surface area contributed by atoms with Crippen molar-refractivity contribution in [2.45, 2.75) is 26.3 Å². The predicted molar refractivity (Wildman–Crippen MR) is 74.0 cm³/mol. The Kier molecular flexibility index (Phi) is 2.63. The van der Waals surface area contributed by atoms with E-state index in [1.165, 1.54) is 0 Å². The number of nitrogens with one attached hydrogen (secondary N) is 1. The van der Waals surface area contributed by atoms with Gasteiger partial charge in [0.15, 0.2) is 22.1 Å². The van der Waals surface area contributed by atoms with E-state index >= 15 is 0 Å². The summed E-state index contributed by atoms with van der Waals surface area (Å²) in [4.78, 5) is 0. The van der Waals surface area contributed by atoms with E-state index in [-0.39, 0.29) is 12.3 Å². The summed E-state index contributed by atoms with van der Waals surface area (Å²) in [5.74, 6) is 2.31. The quantitative estimate of drug-likeness (QED) is 0.814. The number of H-pyrrole nitrogens is 1. The average Bonchev–Trinajstić information content (AvgIpc) is 2.92. The molecule has 3 rings (SSSR count). The first-order valence-corrected chi connectivity index (χ1v) is 6.45. The molecule has 1 aromatic carbocycles. The third-order valence-electron chi connectivity index (χ3n) is 2.97. The minimum absolute atomic E-state index is 0.143. The van der Waals surface area contributed by atoms with Crippen LogP contribution in [0.5, 0.6) is 11.5 Å². The molecule has 1 aliphatic rings. The van der Waals surface area contributed by atoms with Gasteiger partial charge in [-0.05, 0) is 51.2 Å². The van der Waals surface area contributed by atoms with Crippen molar-refractivity contribution in [3.05, 3.63) is 23.0 Å². The van der Waals surface area contributed by atoms with Gasteiger partial charge in [0.25, 0.3) is 0 Å². The van der Waals surface area contributed by atoms with Gasteiger partial charge in [-0.25, -0.2) is 0 Å². The predicted octanol–water partition coefficient (Wildman–Crippen LogP) is 3.09. The lowest BCUT2D eigenvalue weighted by Crippen LogP contribution is -2.22. The van der Waals surface area contributed by atoms with Crippen LogP contribution in [0.3, 0.4) is 0 Å². The van der Waals surface area contributed by atoms with Gasteiger partial charge in [-0.2, -0.15) is 5.10 Å². The molecule has 0 saturated carbocycles. The molecule has 0 spiro atoms. The number of aromatic nitrogens is 3. The van der Waals surface area contributed by atoms with Crippen molar-refractivity contribution in [2.75, 3.05) is 6.79 Å². The molecule has 5 nitrogen and oxygen atoms in total. The molecule has 0 fully saturated rings. The van der Waals surface area contributed by atoms with Crippen molar-refractivity contribution < 1.29 is 9.47 Å². The van der Waals surface area contributed by atoms with E-state index in [9.17, 15) is 0 Å². The van der Waals surface area contributed by atoms with Crippen molar-refractivity contribution in [1.29, 1.82) is 0 Å². The summed E-state index contributed by atoms with van der Waals surface area (Å²) < 4.78 is 13.3. The molecule has 2 aromatic rings. The maximum atomic E-state index is 5.40. The molecule has 0 saturated heterocycles. The molecule has 19 heavy (non-hydrogen) atoms. The van der Waals surface area contributed by atoms with Crippen LogP contribution in [-0.4, -0.2) is 21.6 Å². The normalized spacial score (nSPS) is 13.8. The molecule has 6 heteroatoms. The minimum Gasteiger partial charge on any atom is -0.454 e. The van der Waals surface area contributed by atoms with Gasteiger partial charge in [0.05, 0.1) is 0 Å². The molecule has 0 unspecified atom stereocenters. The largest absolute Gasteiger partial charge is 0.454 e. The van der Waals surface area contributed by atoms with Gasteiger partial charge in [-0.1, -0.05) is 0 Å². The Morgan fingerprint density at radius 1 is 1.26 bits per heavy atom. The van der Waals surface area contributed by atoms with E-state index in [1.54, 1.807) is 0 Å². The third-order valence-corrected chi connectivity index (χ3v) is 3.25. The van der Waals surface area contributed by atoms with Crippen LogP contribution in [0.25, 0.3) is 11.4 Å².